The molecule has 0 aliphatic heterocycles. The van der Waals surface area contributed by atoms with Gasteiger partial charge in [-0.2, -0.15) is 0 Å². The molecule has 4 heteroatoms. The van der Waals surface area contributed by atoms with E-state index in [2.05, 4.69) is 0 Å². The number of hydrogen-bond donors (Lipinski definition) is 0. The fourth-order valence-corrected chi connectivity index (χ4v) is 2.37. The molecule has 0 unspecified atom stereocenters. The first kappa shape index (κ1) is 10.2. The van der Waals surface area contributed by atoms with E-state index >= 15 is 0 Å². The van der Waals surface area contributed by atoms with Crippen molar-refractivity contribution in [2.24, 2.45) is 0 Å². The van der Waals surface area contributed by atoms with Crippen LogP contribution in [0, 0.1) is 6.92 Å². The Morgan fingerprint density at radius 3 is 2.73 bits per heavy atom. The fourth-order valence-electron chi connectivity index (χ4n) is 1.58. The number of fused-ring (bicyclic) bond motifs is 1. The normalized spacial score (nSPS) is 12.1. The Morgan fingerprint density at radius 1 is 1.33 bits per heavy atom. The zero-order valence-corrected chi connectivity index (χ0v) is 9.47. The van der Waals surface area contributed by atoms with Crippen molar-refractivity contribution in [1.82, 2.24) is 0 Å². The molecule has 0 saturated carbocycles. The van der Waals surface area contributed by atoms with Gasteiger partial charge in [0.2, 0.25) is 0 Å². The molecule has 2 aromatic rings. The highest BCUT2D eigenvalue weighted by Gasteiger charge is 2.11. The van der Waals surface area contributed by atoms with Crippen LogP contribution in [0.2, 0.25) is 0 Å². The van der Waals surface area contributed by atoms with E-state index in [9.17, 15) is 8.42 Å². The van der Waals surface area contributed by atoms with Gasteiger partial charge in [-0.25, -0.2) is 8.42 Å². The molecule has 0 aliphatic carbocycles. The molecule has 0 radical (unpaired) electrons. The largest absolute Gasteiger partial charge is 0.464 e. The Bertz CT molecular complexity index is 593. The van der Waals surface area contributed by atoms with Crippen LogP contribution in [0.1, 0.15) is 11.1 Å². The fraction of sp³-hybridized carbons (Fsp3) is 0.273. The Hall–Kier alpha value is -1.29. The van der Waals surface area contributed by atoms with E-state index in [4.69, 9.17) is 4.42 Å². The second-order valence-corrected chi connectivity index (χ2v) is 5.97. The van der Waals surface area contributed by atoms with Gasteiger partial charge in [0.15, 0.2) is 9.84 Å². The smallest absolute Gasteiger partial charge is 0.151 e. The van der Waals surface area contributed by atoms with E-state index < -0.39 is 9.84 Å². The molecular weight excluding hydrogens is 212 g/mol. The Balaban J connectivity index is 2.55. The molecule has 1 heterocycles. The molecule has 0 N–H and O–H groups in total. The zero-order chi connectivity index (χ0) is 11.1. The van der Waals surface area contributed by atoms with E-state index in [-0.39, 0.29) is 5.75 Å². The van der Waals surface area contributed by atoms with E-state index in [0.29, 0.717) is 0 Å². The number of aryl methyl sites for hydroxylation is 1. The monoisotopic (exact) mass is 224 g/mol. The molecular formula is C11H12O3S. The molecule has 3 nitrogen and oxygen atoms in total. The summed E-state index contributed by atoms with van der Waals surface area (Å²) in [6, 6.07) is 5.75. The van der Waals surface area contributed by atoms with Gasteiger partial charge < -0.3 is 4.42 Å². The third kappa shape index (κ3) is 2.21. The molecule has 0 amide bonds. The second kappa shape index (κ2) is 3.38. The van der Waals surface area contributed by atoms with Gasteiger partial charge in [0, 0.05) is 17.2 Å². The molecule has 2 rings (SSSR count). The molecule has 0 aliphatic rings. The number of sulfone groups is 1. The summed E-state index contributed by atoms with van der Waals surface area (Å²) in [4.78, 5) is 0. The summed E-state index contributed by atoms with van der Waals surface area (Å²) >= 11 is 0. The van der Waals surface area contributed by atoms with Crippen molar-refractivity contribution in [3.05, 3.63) is 35.6 Å². The lowest BCUT2D eigenvalue weighted by molar-refractivity contribution is 0.596. The number of furan rings is 1. The van der Waals surface area contributed by atoms with Crippen LogP contribution >= 0.6 is 0 Å². The average Bonchev–Trinajstić information content (AvgIpc) is 2.45. The average molecular weight is 224 g/mol. The van der Waals surface area contributed by atoms with Crippen molar-refractivity contribution in [2.75, 3.05) is 6.26 Å². The molecule has 0 saturated heterocycles. The Labute approximate surface area is 88.6 Å². The predicted molar refractivity (Wildman–Crippen MR) is 59.5 cm³/mol. The van der Waals surface area contributed by atoms with Crippen LogP contribution in [-0.4, -0.2) is 14.7 Å². The first-order valence-corrected chi connectivity index (χ1v) is 6.66. The molecule has 1 aromatic carbocycles. The molecule has 0 fully saturated rings. The van der Waals surface area contributed by atoms with E-state index in [1.54, 1.807) is 0 Å². The van der Waals surface area contributed by atoms with Crippen molar-refractivity contribution >= 4 is 20.8 Å². The summed E-state index contributed by atoms with van der Waals surface area (Å²) in [6.45, 7) is 1.97. The highest BCUT2D eigenvalue weighted by atomic mass is 32.2. The van der Waals surface area contributed by atoms with Crippen LogP contribution in [0.3, 0.4) is 0 Å². The summed E-state index contributed by atoms with van der Waals surface area (Å²) in [5.41, 5.74) is 2.57. The summed E-state index contributed by atoms with van der Waals surface area (Å²) < 4.78 is 27.6. The minimum Gasteiger partial charge on any atom is -0.464 e. The standard InChI is InChI=1S/C11H12O3S/c1-8-3-4-10-9(7-15(2,12)13)6-14-11(10)5-8/h3-6H,7H2,1-2H3. The zero-order valence-electron chi connectivity index (χ0n) is 8.65. The van der Waals surface area contributed by atoms with Gasteiger partial charge in [0.05, 0.1) is 12.0 Å². The Morgan fingerprint density at radius 2 is 2.07 bits per heavy atom. The van der Waals surface area contributed by atoms with Crippen LogP contribution in [0.4, 0.5) is 0 Å². The van der Waals surface area contributed by atoms with Crippen LogP contribution < -0.4 is 0 Å². The molecule has 80 valence electrons. The summed E-state index contributed by atoms with van der Waals surface area (Å²) in [6.07, 6.45) is 2.74. The number of rotatable bonds is 2. The van der Waals surface area contributed by atoms with E-state index in [1.165, 1.54) is 12.5 Å². The molecule has 0 bridgehead atoms. The lowest BCUT2D eigenvalue weighted by atomic mass is 10.1. The van der Waals surface area contributed by atoms with Crippen LogP contribution in [0.25, 0.3) is 11.0 Å². The van der Waals surface area contributed by atoms with Gasteiger partial charge in [0.25, 0.3) is 0 Å². The van der Waals surface area contributed by atoms with Gasteiger partial charge in [-0.3, -0.25) is 0 Å². The summed E-state index contributed by atoms with van der Waals surface area (Å²) in [7, 11) is -3.01. The highest BCUT2D eigenvalue weighted by Crippen LogP contribution is 2.23. The first-order chi connectivity index (χ1) is 6.96. The molecule has 15 heavy (non-hydrogen) atoms. The predicted octanol–water partition coefficient (Wildman–Crippen LogP) is 2.29. The van der Waals surface area contributed by atoms with Crippen LogP contribution in [0.15, 0.2) is 28.9 Å². The molecule has 0 spiro atoms. The third-order valence-electron chi connectivity index (χ3n) is 2.23. The van der Waals surface area contributed by atoms with Gasteiger partial charge in [-0.05, 0) is 18.6 Å². The van der Waals surface area contributed by atoms with E-state index in [1.807, 2.05) is 25.1 Å². The number of hydrogen-bond acceptors (Lipinski definition) is 3. The van der Waals surface area contributed by atoms with Crippen molar-refractivity contribution in [2.45, 2.75) is 12.7 Å². The minimum absolute atomic E-state index is 0.0308. The quantitative estimate of drug-likeness (QED) is 0.786. The van der Waals surface area contributed by atoms with Gasteiger partial charge in [-0.1, -0.05) is 12.1 Å². The molecule has 1 aromatic heterocycles. The maximum absolute atomic E-state index is 11.2. The van der Waals surface area contributed by atoms with Gasteiger partial charge in [0.1, 0.15) is 5.58 Å². The van der Waals surface area contributed by atoms with Crippen LogP contribution in [0.5, 0.6) is 0 Å². The maximum atomic E-state index is 11.2. The van der Waals surface area contributed by atoms with Crippen molar-refractivity contribution in [3.63, 3.8) is 0 Å². The second-order valence-electron chi connectivity index (χ2n) is 3.83. The molecule has 0 atom stereocenters. The van der Waals surface area contributed by atoms with Gasteiger partial charge in [-0.15, -0.1) is 0 Å². The lowest BCUT2D eigenvalue weighted by Crippen LogP contribution is -1.99. The topological polar surface area (TPSA) is 47.3 Å². The van der Waals surface area contributed by atoms with Crippen molar-refractivity contribution in [3.8, 4) is 0 Å². The first-order valence-electron chi connectivity index (χ1n) is 4.60. The Kier molecular flexibility index (Phi) is 2.31. The van der Waals surface area contributed by atoms with Crippen LogP contribution in [-0.2, 0) is 15.6 Å². The van der Waals surface area contributed by atoms with Crippen molar-refractivity contribution in [1.29, 1.82) is 0 Å². The van der Waals surface area contributed by atoms with Gasteiger partial charge >= 0.3 is 0 Å². The minimum atomic E-state index is -3.01. The van der Waals surface area contributed by atoms with E-state index in [0.717, 1.165) is 22.1 Å². The summed E-state index contributed by atoms with van der Waals surface area (Å²) in [5, 5.41) is 0.881. The summed E-state index contributed by atoms with van der Waals surface area (Å²) in [5.74, 6) is 0.0308. The van der Waals surface area contributed by atoms with Crippen molar-refractivity contribution < 1.29 is 12.8 Å². The lowest BCUT2D eigenvalue weighted by Gasteiger charge is -1.96. The maximum Gasteiger partial charge on any atom is 0.151 e. The third-order valence-corrected chi connectivity index (χ3v) is 3.06. The highest BCUT2D eigenvalue weighted by molar-refractivity contribution is 7.89. The number of benzene rings is 1. The SMILES string of the molecule is Cc1ccc2c(CS(C)(=O)=O)coc2c1.